The van der Waals surface area contributed by atoms with E-state index in [1.54, 1.807) is 0 Å². The molecule has 0 saturated carbocycles. The van der Waals surface area contributed by atoms with E-state index in [0.717, 1.165) is 5.56 Å². The average molecular weight is 225 g/mol. The summed E-state index contributed by atoms with van der Waals surface area (Å²) in [7, 11) is 0. The Morgan fingerprint density at radius 3 is 2.62 bits per heavy atom. The van der Waals surface area contributed by atoms with Crippen molar-refractivity contribution < 1.29 is 8.78 Å². The Kier molecular flexibility index (Phi) is 3.24. The molecule has 1 heterocycles. The first kappa shape index (κ1) is 11.5. The molecule has 1 atom stereocenters. The maximum Gasteiger partial charge on any atom is 0.263 e. The normalized spacial score (nSPS) is 24.3. The second-order valence-electron chi connectivity index (χ2n) is 4.61. The SMILES string of the molecule is Cc1ccc(CC2CCNCC2(F)F)cc1. The number of hydrogen-bond donors (Lipinski definition) is 1. The Balaban J connectivity index is 2.05. The Morgan fingerprint density at radius 2 is 2.00 bits per heavy atom. The molecule has 0 bridgehead atoms. The summed E-state index contributed by atoms with van der Waals surface area (Å²) in [6.07, 6.45) is 1.04. The van der Waals surface area contributed by atoms with Gasteiger partial charge in [-0.25, -0.2) is 8.78 Å². The maximum atomic E-state index is 13.6. The largest absolute Gasteiger partial charge is 0.311 e. The molecular weight excluding hydrogens is 208 g/mol. The van der Waals surface area contributed by atoms with Crippen LogP contribution in [0.25, 0.3) is 0 Å². The monoisotopic (exact) mass is 225 g/mol. The number of halogens is 2. The van der Waals surface area contributed by atoms with Gasteiger partial charge in [0.15, 0.2) is 0 Å². The van der Waals surface area contributed by atoms with Gasteiger partial charge in [-0.2, -0.15) is 0 Å². The minimum absolute atomic E-state index is 0.177. The van der Waals surface area contributed by atoms with Gasteiger partial charge >= 0.3 is 0 Å². The second-order valence-corrected chi connectivity index (χ2v) is 4.61. The van der Waals surface area contributed by atoms with Crippen LogP contribution in [-0.2, 0) is 6.42 Å². The summed E-state index contributed by atoms with van der Waals surface area (Å²) >= 11 is 0. The summed E-state index contributed by atoms with van der Waals surface area (Å²) in [6, 6.07) is 7.87. The van der Waals surface area contributed by atoms with Crippen LogP contribution in [0.1, 0.15) is 17.5 Å². The topological polar surface area (TPSA) is 12.0 Å². The van der Waals surface area contributed by atoms with Crippen molar-refractivity contribution in [3.8, 4) is 0 Å². The molecule has 1 aliphatic rings. The molecule has 1 nitrogen and oxygen atoms in total. The zero-order valence-electron chi connectivity index (χ0n) is 9.47. The van der Waals surface area contributed by atoms with Crippen molar-refractivity contribution in [1.29, 1.82) is 0 Å². The van der Waals surface area contributed by atoms with Gasteiger partial charge in [0, 0.05) is 5.92 Å². The van der Waals surface area contributed by atoms with E-state index in [1.165, 1.54) is 5.56 Å². The molecule has 0 aliphatic carbocycles. The van der Waals surface area contributed by atoms with Gasteiger partial charge in [0.05, 0.1) is 6.54 Å². The predicted octanol–water partition coefficient (Wildman–Crippen LogP) is 2.78. The molecule has 0 amide bonds. The smallest absolute Gasteiger partial charge is 0.263 e. The maximum absolute atomic E-state index is 13.6. The van der Waals surface area contributed by atoms with E-state index in [2.05, 4.69) is 5.32 Å². The first-order valence-electron chi connectivity index (χ1n) is 5.72. The molecular formula is C13H17F2N. The van der Waals surface area contributed by atoms with Gasteiger partial charge in [0.1, 0.15) is 0 Å². The fourth-order valence-corrected chi connectivity index (χ4v) is 2.15. The summed E-state index contributed by atoms with van der Waals surface area (Å²) in [5.41, 5.74) is 2.18. The summed E-state index contributed by atoms with van der Waals surface area (Å²) in [6.45, 7) is 2.53. The fourth-order valence-electron chi connectivity index (χ4n) is 2.15. The van der Waals surface area contributed by atoms with E-state index in [9.17, 15) is 8.78 Å². The first-order valence-corrected chi connectivity index (χ1v) is 5.72. The van der Waals surface area contributed by atoms with Crippen molar-refractivity contribution in [2.24, 2.45) is 5.92 Å². The molecule has 1 aromatic carbocycles. The van der Waals surface area contributed by atoms with E-state index in [1.807, 2.05) is 31.2 Å². The van der Waals surface area contributed by atoms with Crippen LogP contribution in [0.4, 0.5) is 8.78 Å². The average Bonchev–Trinajstić information content (AvgIpc) is 2.24. The molecule has 0 radical (unpaired) electrons. The number of alkyl halides is 2. The highest BCUT2D eigenvalue weighted by atomic mass is 19.3. The van der Waals surface area contributed by atoms with Crippen molar-refractivity contribution in [1.82, 2.24) is 5.32 Å². The Bertz CT molecular complexity index is 345. The lowest BCUT2D eigenvalue weighted by Gasteiger charge is -2.32. The number of aryl methyl sites for hydroxylation is 1. The molecule has 16 heavy (non-hydrogen) atoms. The molecule has 0 spiro atoms. The van der Waals surface area contributed by atoms with Crippen molar-refractivity contribution in [2.75, 3.05) is 13.1 Å². The van der Waals surface area contributed by atoms with Gasteiger partial charge in [0.25, 0.3) is 5.92 Å². The predicted molar refractivity (Wildman–Crippen MR) is 60.8 cm³/mol. The highest BCUT2D eigenvalue weighted by Gasteiger charge is 2.41. The van der Waals surface area contributed by atoms with E-state index in [4.69, 9.17) is 0 Å². The quantitative estimate of drug-likeness (QED) is 0.816. The van der Waals surface area contributed by atoms with Crippen molar-refractivity contribution in [3.05, 3.63) is 35.4 Å². The Hall–Kier alpha value is -0.960. The van der Waals surface area contributed by atoms with Crippen molar-refractivity contribution in [2.45, 2.75) is 25.7 Å². The Morgan fingerprint density at radius 1 is 1.31 bits per heavy atom. The van der Waals surface area contributed by atoms with Gasteiger partial charge in [0.2, 0.25) is 0 Å². The third kappa shape index (κ3) is 2.59. The zero-order valence-corrected chi connectivity index (χ0v) is 9.47. The van der Waals surface area contributed by atoms with E-state index in [0.29, 0.717) is 19.4 Å². The van der Waals surface area contributed by atoms with Crippen LogP contribution in [0.3, 0.4) is 0 Å². The number of nitrogens with one attached hydrogen (secondary N) is 1. The third-order valence-electron chi connectivity index (χ3n) is 3.23. The molecule has 1 aliphatic heterocycles. The molecule has 0 aromatic heterocycles. The van der Waals surface area contributed by atoms with Crippen molar-refractivity contribution in [3.63, 3.8) is 0 Å². The number of rotatable bonds is 2. The molecule has 1 aromatic rings. The summed E-state index contributed by atoms with van der Waals surface area (Å²) < 4.78 is 27.1. The number of benzene rings is 1. The van der Waals surface area contributed by atoms with Gasteiger partial charge in [-0.1, -0.05) is 29.8 Å². The molecule has 1 unspecified atom stereocenters. The van der Waals surface area contributed by atoms with Gasteiger partial charge in [-0.15, -0.1) is 0 Å². The minimum Gasteiger partial charge on any atom is -0.311 e. The Labute approximate surface area is 94.9 Å². The van der Waals surface area contributed by atoms with Crippen LogP contribution in [-0.4, -0.2) is 19.0 Å². The van der Waals surface area contributed by atoms with Crippen molar-refractivity contribution >= 4 is 0 Å². The molecule has 3 heteroatoms. The number of hydrogen-bond acceptors (Lipinski definition) is 1. The highest BCUT2D eigenvalue weighted by molar-refractivity contribution is 5.22. The van der Waals surface area contributed by atoms with Crippen LogP contribution >= 0.6 is 0 Å². The van der Waals surface area contributed by atoms with Crippen LogP contribution in [0.5, 0.6) is 0 Å². The lowest BCUT2D eigenvalue weighted by molar-refractivity contribution is -0.0727. The van der Waals surface area contributed by atoms with E-state index in [-0.39, 0.29) is 6.54 Å². The van der Waals surface area contributed by atoms with Crippen LogP contribution in [0, 0.1) is 12.8 Å². The highest BCUT2D eigenvalue weighted by Crippen LogP contribution is 2.32. The molecule has 2 rings (SSSR count). The summed E-state index contributed by atoms with van der Waals surface area (Å²) in [5.74, 6) is -3.08. The van der Waals surface area contributed by atoms with E-state index >= 15 is 0 Å². The van der Waals surface area contributed by atoms with Gasteiger partial charge in [-0.3, -0.25) is 0 Å². The lowest BCUT2D eigenvalue weighted by atomic mass is 9.88. The van der Waals surface area contributed by atoms with Crippen LogP contribution in [0.15, 0.2) is 24.3 Å². The second kappa shape index (κ2) is 4.50. The van der Waals surface area contributed by atoms with Gasteiger partial charge in [-0.05, 0) is 31.9 Å². The molecule has 1 N–H and O–H groups in total. The van der Waals surface area contributed by atoms with Gasteiger partial charge < -0.3 is 5.32 Å². The molecule has 88 valence electrons. The summed E-state index contributed by atoms with van der Waals surface area (Å²) in [5, 5.41) is 2.75. The molecule has 1 saturated heterocycles. The molecule has 1 fully saturated rings. The first-order chi connectivity index (χ1) is 7.58. The minimum atomic E-state index is -2.57. The lowest BCUT2D eigenvalue weighted by Crippen LogP contribution is -2.46. The zero-order chi connectivity index (χ0) is 11.6. The van der Waals surface area contributed by atoms with E-state index < -0.39 is 11.8 Å². The third-order valence-corrected chi connectivity index (χ3v) is 3.23. The summed E-state index contributed by atoms with van der Waals surface area (Å²) in [4.78, 5) is 0. The van der Waals surface area contributed by atoms with Crippen LogP contribution < -0.4 is 5.32 Å². The standard InChI is InChI=1S/C13H17F2N/c1-10-2-4-11(5-3-10)8-12-6-7-16-9-13(12,14)15/h2-5,12,16H,6-9H2,1H3. The number of piperidine rings is 1. The van der Waals surface area contributed by atoms with Crippen LogP contribution in [0.2, 0.25) is 0 Å². The fraction of sp³-hybridized carbons (Fsp3) is 0.538.